The molecule has 1 fully saturated rings. The molecule has 27 heavy (non-hydrogen) atoms. The summed E-state index contributed by atoms with van der Waals surface area (Å²) in [5.41, 5.74) is 2.98. The Morgan fingerprint density at radius 1 is 1.19 bits per heavy atom. The van der Waals surface area contributed by atoms with Crippen LogP contribution in [0.5, 0.6) is 0 Å². The maximum atomic E-state index is 12.5. The molecule has 140 valence electrons. The molecule has 8 nitrogen and oxygen atoms in total. The van der Waals surface area contributed by atoms with Gasteiger partial charge in [-0.25, -0.2) is 19.6 Å². The fraction of sp³-hybridized carbons (Fsp3) is 0.368. The standard InChI is InChI=1S/C19H21N5O3/c1-2-14-10-17(21-12-20-14)23-5-7-24(8-6-23)19(26)22-15-4-3-13-11-27-18(25)16(13)9-15/h3-4,9-10,12H,2,5-8,11H2,1H3,(H,22,26). The van der Waals surface area contributed by atoms with Crippen molar-refractivity contribution in [3.63, 3.8) is 0 Å². The summed E-state index contributed by atoms with van der Waals surface area (Å²) >= 11 is 0. The zero-order valence-electron chi connectivity index (χ0n) is 15.1. The number of nitrogens with one attached hydrogen (secondary N) is 1. The number of esters is 1. The lowest BCUT2D eigenvalue weighted by Crippen LogP contribution is -2.50. The predicted molar refractivity (Wildman–Crippen MR) is 99.8 cm³/mol. The number of carbonyl (C=O) groups excluding carboxylic acids is 2. The monoisotopic (exact) mass is 367 g/mol. The van der Waals surface area contributed by atoms with Crippen LogP contribution in [0.4, 0.5) is 16.3 Å². The lowest BCUT2D eigenvalue weighted by atomic mass is 10.1. The number of piperazine rings is 1. The van der Waals surface area contributed by atoms with E-state index in [1.165, 1.54) is 0 Å². The minimum absolute atomic E-state index is 0.169. The van der Waals surface area contributed by atoms with E-state index in [0.717, 1.165) is 23.5 Å². The van der Waals surface area contributed by atoms with Gasteiger partial charge >= 0.3 is 12.0 Å². The largest absolute Gasteiger partial charge is 0.457 e. The highest BCUT2D eigenvalue weighted by atomic mass is 16.5. The maximum Gasteiger partial charge on any atom is 0.338 e. The van der Waals surface area contributed by atoms with Crippen molar-refractivity contribution < 1.29 is 14.3 Å². The first kappa shape index (κ1) is 17.3. The van der Waals surface area contributed by atoms with Crippen molar-refractivity contribution in [3.8, 4) is 0 Å². The van der Waals surface area contributed by atoms with Crippen LogP contribution in [0.15, 0.2) is 30.6 Å². The third kappa shape index (κ3) is 3.55. The molecule has 0 unspecified atom stereocenters. The van der Waals surface area contributed by atoms with Crippen molar-refractivity contribution in [2.75, 3.05) is 36.4 Å². The van der Waals surface area contributed by atoms with Gasteiger partial charge in [0.15, 0.2) is 0 Å². The maximum absolute atomic E-state index is 12.5. The number of fused-ring (bicyclic) bond motifs is 1. The van der Waals surface area contributed by atoms with Crippen LogP contribution in [0.25, 0.3) is 0 Å². The van der Waals surface area contributed by atoms with E-state index < -0.39 is 0 Å². The molecule has 1 aromatic heterocycles. The minimum Gasteiger partial charge on any atom is -0.457 e. The number of rotatable bonds is 3. The summed E-state index contributed by atoms with van der Waals surface area (Å²) in [5, 5.41) is 2.87. The van der Waals surface area contributed by atoms with E-state index in [0.29, 0.717) is 44.0 Å². The highest BCUT2D eigenvalue weighted by Crippen LogP contribution is 2.23. The highest BCUT2D eigenvalue weighted by Gasteiger charge is 2.24. The summed E-state index contributed by atoms with van der Waals surface area (Å²) < 4.78 is 4.99. The van der Waals surface area contributed by atoms with Gasteiger partial charge in [0.2, 0.25) is 0 Å². The smallest absolute Gasteiger partial charge is 0.338 e. The molecule has 8 heteroatoms. The number of hydrogen-bond acceptors (Lipinski definition) is 6. The number of amides is 2. The number of aromatic nitrogens is 2. The SMILES string of the molecule is CCc1cc(N2CCN(C(=O)Nc3ccc4c(c3)C(=O)OC4)CC2)ncn1. The number of urea groups is 1. The van der Waals surface area contributed by atoms with E-state index in [4.69, 9.17) is 4.74 Å². The number of aryl methyl sites for hydroxylation is 1. The third-order valence-electron chi connectivity index (χ3n) is 4.90. The molecular formula is C19H21N5O3. The Balaban J connectivity index is 1.36. The highest BCUT2D eigenvalue weighted by molar-refractivity contribution is 5.96. The quantitative estimate of drug-likeness (QED) is 0.836. The van der Waals surface area contributed by atoms with Gasteiger partial charge in [-0.2, -0.15) is 0 Å². The van der Waals surface area contributed by atoms with E-state index in [-0.39, 0.29) is 12.0 Å². The molecule has 0 spiro atoms. The molecule has 0 saturated carbocycles. The molecule has 2 aliphatic rings. The lowest BCUT2D eigenvalue weighted by Gasteiger charge is -2.35. The molecule has 3 heterocycles. The fourth-order valence-corrected chi connectivity index (χ4v) is 3.28. The number of benzene rings is 1. The second kappa shape index (κ2) is 7.22. The van der Waals surface area contributed by atoms with Gasteiger partial charge in [-0.3, -0.25) is 0 Å². The fourth-order valence-electron chi connectivity index (χ4n) is 3.28. The van der Waals surface area contributed by atoms with E-state index >= 15 is 0 Å². The Kier molecular flexibility index (Phi) is 4.62. The summed E-state index contributed by atoms with van der Waals surface area (Å²) in [6, 6.07) is 7.11. The average Bonchev–Trinajstić information content (AvgIpc) is 3.08. The number of nitrogens with zero attached hydrogens (tertiary/aromatic N) is 4. The van der Waals surface area contributed by atoms with E-state index in [9.17, 15) is 9.59 Å². The lowest BCUT2D eigenvalue weighted by molar-refractivity contribution is 0.0535. The number of carbonyl (C=O) groups is 2. The molecule has 4 rings (SSSR count). The molecule has 0 atom stereocenters. The molecule has 0 aliphatic carbocycles. The number of anilines is 2. The average molecular weight is 367 g/mol. The Morgan fingerprint density at radius 3 is 2.78 bits per heavy atom. The molecule has 1 saturated heterocycles. The second-order valence-corrected chi connectivity index (χ2v) is 6.57. The van der Waals surface area contributed by atoms with Crippen LogP contribution in [0, 0.1) is 0 Å². The van der Waals surface area contributed by atoms with Crippen molar-refractivity contribution in [1.82, 2.24) is 14.9 Å². The van der Waals surface area contributed by atoms with Crippen molar-refractivity contribution in [1.29, 1.82) is 0 Å². The summed E-state index contributed by atoms with van der Waals surface area (Å²) in [4.78, 5) is 36.7. The van der Waals surface area contributed by atoms with E-state index in [1.807, 2.05) is 12.1 Å². The van der Waals surface area contributed by atoms with Crippen molar-refractivity contribution >= 4 is 23.5 Å². The van der Waals surface area contributed by atoms with Crippen LogP contribution in [-0.2, 0) is 17.8 Å². The number of cyclic esters (lactones) is 1. The van der Waals surface area contributed by atoms with E-state index in [2.05, 4.69) is 27.1 Å². The normalized spacial score (nSPS) is 16.1. The molecule has 2 aromatic rings. The molecule has 1 aromatic carbocycles. The molecule has 2 aliphatic heterocycles. The Bertz CT molecular complexity index is 877. The topological polar surface area (TPSA) is 87.7 Å². The Hall–Kier alpha value is -3.16. The van der Waals surface area contributed by atoms with Crippen molar-refractivity contribution in [2.24, 2.45) is 0 Å². The summed E-state index contributed by atoms with van der Waals surface area (Å²) in [5.74, 6) is 0.560. The van der Waals surface area contributed by atoms with Crippen molar-refractivity contribution in [3.05, 3.63) is 47.4 Å². The first-order chi connectivity index (χ1) is 13.1. The Morgan fingerprint density at radius 2 is 2.00 bits per heavy atom. The van der Waals surface area contributed by atoms with Crippen LogP contribution in [-0.4, -0.2) is 53.0 Å². The van der Waals surface area contributed by atoms with Crippen molar-refractivity contribution in [2.45, 2.75) is 20.0 Å². The van der Waals surface area contributed by atoms with Gasteiger partial charge in [-0.15, -0.1) is 0 Å². The van der Waals surface area contributed by atoms with Gasteiger partial charge in [-0.05, 0) is 18.6 Å². The zero-order chi connectivity index (χ0) is 18.8. The first-order valence-corrected chi connectivity index (χ1v) is 9.06. The number of hydrogen-bond donors (Lipinski definition) is 1. The van der Waals surface area contributed by atoms with Crippen LogP contribution >= 0.6 is 0 Å². The molecular weight excluding hydrogens is 346 g/mol. The zero-order valence-corrected chi connectivity index (χ0v) is 15.1. The van der Waals surface area contributed by atoms with Gasteiger partial charge in [0, 0.05) is 49.2 Å². The van der Waals surface area contributed by atoms with Gasteiger partial charge in [0.05, 0.1) is 5.56 Å². The van der Waals surface area contributed by atoms with Crippen LogP contribution in [0.3, 0.4) is 0 Å². The van der Waals surface area contributed by atoms with Crippen LogP contribution < -0.4 is 10.2 Å². The molecule has 0 bridgehead atoms. The molecule has 2 amide bonds. The van der Waals surface area contributed by atoms with Crippen LogP contribution in [0.2, 0.25) is 0 Å². The van der Waals surface area contributed by atoms with Crippen LogP contribution in [0.1, 0.15) is 28.5 Å². The summed E-state index contributed by atoms with van der Waals surface area (Å²) in [7, 11) is 0. The second-order valence-electron chi connectivity index (χ2n) is 6.57. The number of ether oxygens (including phenoxy) is 1. The molecule has 1 N–H and O–H groups in total. The first-order valence-electron chi connectivity index (χ1n) is 9.06. The molecule has 0 radical (unpaired) electrons. The van der Waals surface area contributed by atoms with Gasteiger partial charge < -0.3 is 19.9 Å². The van der Waals surface area contributed by atoms with Gasteiger partial charge in [-0.1, -0.05) is 13.0 Å². The van der Waals surface area contributed by atoms with Gasteiger partial charge in [0.25, 0.3) is 0 Å². The predicted octanol–water partition coefficient (Wildman–Crippen LogP) is 2.06. The minimum atomic E-state index is -0.342. The van der Waals surface area contributed by atoms with Gasteiger partial charge in [0.1, 0.15) is 18.8 Å². The van der Waals surface area contributed by atoms with E-state index in [1.54, 1.807) is 23.4 Å². The third-order valence-corrected chi connectivity index (χ3v) is 4.90. The Labute approximate surface area is 157 Å². The summed E-state index contributed by atoms with van der Waals surface area (Å²) in [6.45, 7) is 4.99. The summed E-state index contributed by atoms with van der Waals surface area (Å²) in [6.07, 6.45) is 2.46.